The second kappa shape index (κ2) is 28.0. The second-order valence-corrected chi connectivity index (χ2v) is 38.4. The fourth-order valence-corrected chi connectivity index (χ4v) is 25.6. The summed E-state index contributed by atoms with van der Waals surface area (Å²) < 4.78 is 0. The van der Waals surface area contributed by atoms with Crippen molar-refractivity contribution in [1.82, 2.24) is 24.9 Å². The summed E-state index contributed by atoms with van der Waals surface area (Å²) in [7, 11) is 0. The topological polar surface area (TPSA) is 64.5 Å². The SMILES string of the molecule is CC1(C)c2ccccc2C2(c3cc(-c4nc(-c5ccc(-c6cccc(-c7cc(-c8cccc9c8-c8ccccc8C98c9ccccc9C(C)(C)c9ccccc98)nc8ccccc78)c6)cc5)c5ccccc5n4)ccc3-c3c(CC4(C)c5ccccc5C5(c6ccccc6-c6cc(-c7nc(-c8ccccc8)nc8ccccc78)ccc65)c5ccccc54)cccc32)c2ccccc21. The molecule has 0 radical (unpaired) electrons. The van der Waals surface area contributed by atoms with E-state index in [4.69, 9.17) is 24.9 Å². The van der Waals surface area contributed by atoms with E-state index in [0.29, 0.717) is 11.6 Å². The number of aromatic nitrogens is 5. The molecule has 5 nitrogen and oxygen atoms in total. The first kappa shape index (κ1) is 76.1. The predicted molar refractivity (Wildman–Crippen MR) is 539 cm³/mol. The Kier molecular flexibility index (Phi) is 16.2. The van der Waals surface area contributed by atoms with Crippen molar-refractivity contribution in [3.05, 3.63) is 530 Å². The molecular formula is C127H87N5. The number of rotatable bonds is 9. The van der Waals surface area contributed by atoms with E-state index in [0.717, 1.165) is 106 Å². The highest BCUT2D eigenvalue weighted by atomic mass is 14.9. The van der Waals surface area contributed by atoms with Gasteiger partial charge in [-0.3, -0.25) is 0 Å². The Morgan fingerprint density at radius 2 is 0.568 bits per heavy atom. The van der Waals surface area contributed by atoms with E-state index in [1.165, 1.54) is 139 Å². The molecule has 0 bridgehead atoms. The van der Waals surface area contributed by atoms with Gasteiger partial charge in [-0.15, -0.1) is 0 Å². The van der Waals surface area contributed by atoms with Gasteiger partial charge in [-0.2, -0.15) is 0 Å². The van der Waals surface area contributed by atoms with Crippen LogP contribution in [0.4, 0.5) is 0 Å². The van der Waals surface area contributed by atoms with Crippen molar-refractivity contribution in [2.24, 2.45) is 0 Å². The Labute approximate surface area is 768 Å². The largest absolute Gasteiger partial charge is 0.248 e. The van der Waals surface area contributed by atoms with Gasteiger partial charge in [-0.25, -0.2) is 24.9 Å². The molecular weight excluding hydrogens is 1600 g/mol. The third-order valence-electron chi connectivity index (χ3n) is 31.2. The molecule has 0 N–H and O–H groups in total. The summed E-state index contributed by atoms with van der Waals surface area (Å²) in [6.45, 7) is 12.1. The molecule has 5 heteroatoms. The minimum atomic E-state index is -0.725. The van der Waals surface area contributed by atoms with Crippen molar-refractivity contribution in [3.63, 3.8) is 0 Å². The van der Waals surface area contributed by atoms with Crippen LogP contribution in [0.2, 0.25) is 0 Å². The quantitative estimate of drug-likeness (QED) is 0.144. The van der Waals surface area contributed by atoms with Gasteiger partial charge in [0.25, 0.3) is 0 Å². The standard InChI is InChI=1S/C127H87N5/c1-122(2)97-47-16-22-53-103(97)126(104-54-23-17-48-98(104)122)95-46-15-10-41-87(95)117-89(44-33-60-110(117)126)115-75-92(86-40-11-28-61-112(86)128-115)81-37-31-36-80(72-81)77-64-66-78(67-65-77)118-90-42-12-29-62-113(90)130-121(131-118)83-68-70-88-111(74-83)127(105-55-24-18-49-99(105)123(3,4)100-50-19-25-56-106(100)127)109-59-32-38-84(116(88)109)76-124(5)101-51-20-26-57-107(101)125(108-58-27-21-52-102(108)124)94-45-14-9-39-85(94)93-73-82(69-71-96(93)125)119-91-43-13-30-63-114(91)129-120(132-119)79-34-7-6-8-35-79/h6-75H,76H2,1-5H3. The average Bonchev–Trinajstić information content (AvgIpc) is 1.48. The number of hydrogen-bond acceptors (Lipinski definition) is 5. The molecule has 0 amide bonds. The third kappa shape index (κ3) is 10.3. The summed E-state index contributed by atoms with van der Waals surface area (Å²) >= 11 is 0. The first-order chi connectivity index (χ1) is 64.8. The van der Waals surface area contributed by atoms with Crippen LogP contribution in [0.1, 0.15) is 140 Å². The van der Waals surface area contributed by atoms with Gasteiger partial charge < -0.3 is 0 Å². The zero-order valence-electron chi connectivity index (χ0n) is 73.9. The molecule has 21 aromatic rings. The van der Waals surface area contributed by atoms with Gasteiger partial charge in [-0.05, 0) is 210 Å². The maximum Gasteiger partial charge on any atom is 0.160 e. The molecule has 6 aliphatic rings. The Balaban J connectivity index is 0.571. The molecule has 0 unspecified atom stereocenters. The molecule has 6 aliphatic carbocycles. The minimum absolute atomic E-state index is 0.196. The van der Waals surface area contributed by atoms with Gasteiger partial charge >= 0.3 is 0 Å². The molecule has 0 saturated carbocycles. The van der Waals surface area contributed by atoms with Gasteiger partial charge in [-0.1, -0.05) is 417 Å². The molecule has 0 aliphatic heterocycles. The van der Waals surface area contributed by atoms with E-state index < -0.39 is 21.7 Å². The zero-order chi connectivity index (χ0) is 87.7. The molecule has 18 aromatic carbocycles. The predicted octanol–water partition coefficient (Wildman–Crippen LogP) is 30.0. The summed E-state index contributed by atoms with van der Waals surface area (Å²) in [5, 5.41) is 3.13. The lowest BCUT2D eigenvalue weighted by Crippen LogP contribution is -2.43. The van der Waals surface area contributed by atoms with Crippen LogP contribution in [0.3, 0.4) is 0 Å². The first-order valence-corrected chi connectivity index (χ1v) is 46.4. The lowest BCUT2D eigenvalue weighted by atomic mass is 9.54. The number of para-hydroxylation sites is 3. The molecule has 3 spiro atoms. The highest BCUT2D eigenvalue weighted by molar-refractivity contribution is 6.04. The smallest absolute Gasteiger partial charge is 0.160 e. The second-order valence-electron chi connectivity index (χ2n) is 38.4. The number of nitrogens with zero attached hydrogens (tertiary/aromatic N) is 5. The van der Waals surface area contributed by atoms with Crippen LogP contribution in [0, 0.1) is 0 Å². The van der Waals surface area contributed by atoms with Crippen LogP contribution < -0.4 is 0 Å². The van der Waals surface area contributed by atoms with Crippen LogP contribution in [0.25, 0.3) is 145 Å². The fraction of sp³-hybridized carbons (Fsp3) is 0.0945. The Morgan fingerprint density at radius 3 is 1.16 bits per heavy atom. The maximum atomic E-state index is 5.79. The molecule has 0 fully saturated rings. The third-order valence-corrected chi connectivity index (χ3v) is 31.2. The molecule has 3 heterocycles. The summed E-state index contributed by atoms with van der Waals surface area (Å²) in [4.78, 5) is 27.6. The molecule has 0 saturated heterocycles. The summed E-state index contributed by atoms with van der Waals surface area (Å²) in [6.07, 6.45) is 0.730. The van der Waals surface area contributed by atoms with Gasteiger partial charge in [0.1, 0.15) is 0 Å². The van der Waals surface area contributed by atoms with Gasteiger partial charge in [0.05, 0.1) is 49.9 Å². The first-order valence-electron chi connectivity index (χ1n) is 46.4. The Bertz CT molecular complexity index is 8390. The zero-order valence-corrected chi connectivity index (χ0v) is 73.9. The van der Waals surface area contributed by atoms with Gasteiger partial charge in [0, 0.05) is 60.2 Å². The lowest BCUT2D eigenvalue weighted by molar-refractivity contribution is 0.514. The van der Waals surface area contributed by atoms with E-state index in [-0.39, 0.29) is 10.8 Å². The normalized spacial score (nSPS) is 15.2. The van der Waals surface area contributed by atoms with Crippen molar-refractivity contribution < 1.29 is 0 Å². The van der Waals surface area contributed by atoms with Crippen LogP contribution in [-0.4, -0.2) is 24.9 Å². The van der Waals surface area contributed by atoms with E-state index >= 15 is 0 Å². The van der Waals surface area contributed by atoms with Crippen molar-refractivity contribution in [2.45, 2.75) is 73.5 Å². The van der Waals surface area contributed by atoms with Crippen LogP contribution in [0.15, 0.2) is 425 Å². The van der Waals surface area contributed by atoms with E-state index in [1.807, 2.05) is 6.07 Å². The maximum absolute atomic E-state index is 5.79. The molecule has 27 rings (SSSR count). The number of fused-ring (bicyclic) bond motifs is 30. The number of pyridine rings is 1. The average molecular weight is 1680 g/mol. The summed E-state index contributed by atoms with van der Waals surface area (Å²) in [5.74, 6) is 1.39. The lowest BCUT2D eigenvalue weighted by Gasteiger charge is -2.48. The van der Waals surface area contributed by atoms with Crippen LogP contribution in [-0.2, 0) is 38.9 Å². The molecule has 620 valence electrons. The molecule has 3 aromatic heterocycles. The van der Waals surface area contributed by atoms with Crippen molar-refractivity contribution >= 4 is 32.7 Å². The Hall–Kier alpha value is -16.0. The fourth-order valence-electron chi connectivity index (χ4n) is 25.6. The molecule has 132 heavy (non-hydrogen) atoms. The molecule has 0 atom stereocenters. The monoisotopic (exact) mass is 1680 g/mol. The van der Waals surface area contributed by atoms with Crippen molar-refractivity contribution in [2.75, 3.05) is 0 Å². The van der Waals surface area contributed by atoms with Crippen LogP contribution >= 0.6 is 0 Å². The van der Waals surface area contributed by atoms with E-state index in [2.05, 4.69) is 453 Å². The minimum Gasteiger partial charge on any atom is -0.248 e. The van der Waals surface area contributed by atoms with Crippen molar-refractivity contribution in [1.29, 1.82) is 0 Å². The highest BCUT2D eigenvalue weighted by Gasteiger charge is 2.59. The van der Waals surface area contributed by atoms with E-state index in [9.17, 15) is 0 Å². The summed E-state index contributed by atoms with van der Waals surface area (Å²) in [5.41, 5.74) is 44.7. The van der Waals surface area contributed by atoms with Gasteiger partial charge in [0.2, 0.25) is 0 Å². The Morgan fingerprint density at radius 1 is 0.189 bits per heavy atom. The van der Waals surface area contributed by atoms with Gasteiger partial charge in [0.15, 0.2) is 11.6 Å². The summed E-state index contributed by atoms with van der Waals surface area (Å²) in [6, 6.07) is 159. The highest BCUT2D eigenvalue weighted by Crippen LogP contribution is 2.68. The number of benzene rings is 18. The number of hydrogen-bond donors (Lipinski definition) is 0. The van der Waals surface area contributed by atoms with Crippen molar-refractivity contribution in [3.8, 4) is 112 Å². The van der Waals surface area contributed by atoms with Crippen LogP contribution in [0.5, 0.6) is 0 Å². The van der Waals surface area contributed by atoms with E-state index in [1.54, 1.807) is 0 Å².